The molecule has 1 aromatic heterocycles. The fraction of sp³-hybridized carbons (Fsp3) is 0.333. The van der Waals surface area contributed by atoms with E-state index in [4.69, 9.17) is 5.73 Å². The molecule has 0 bridgehead atoms. The highest BCUT2D eigenvalue weighted by atomic mass is 19.1. The number of nitrogens with zero attached hydrogens (tertiary/aromatic N) is 1. The summed E-state index contributed by atoms with van der Waals surface area (Å²) in [6.45, 7) is 2.49. The third-order valence-electron chi connectivity index (χ3n) is 3.19. The summed E-state index contributed by atoms with van der Waals surface area (Å²) in [5.41, 5.74) is 7.63. The number of halogens is 2. The Morgan fingerprint density at radius 1 is 1.21 bits per heavy atom. The van der Waals surface area contributed by atoms with Crippen molar-refractivity contribution in [3.05, 3.63) is 59.4 Å². The van der Waals surface area contributed by atoms with Gasteiger partial charge in [0, 0.05) is 37.0 Å². The van der Waals surface area contributed by atoms with E-state index in [1.54, 1.807) is 0 Å². The van der Waals surface area contributed by atoms with Gasteiger partial charge in [0.2, 0.25) is 0 Å². The zero-order valence-electron chi connectivity index (χ0n) is 10.9. The van der Waals surface area contributed by atoms with Gasteiger partial charge in [0.25, 0.3) is 0 Å². The van der Waals surface area contributed by atoms with Gasteiger partial charge in [0.05, 0.1) is 0 Å². The van der Waals surface area contributed by atoms with E-state index in [9.17, 15) is 8.78 Å². The Morgan fingerprint density at radius 2 is 1.89 bits per heavy atom. The van der Waals surface area contributed by atoms with E-state index >= 15 is 0 Å². The van der Waals surface area contributed by atoms with Gasteiger partial charge in [0.15, 0.2) is 0 Å². The molecule has 2 rings (SSSR count). The lowest BCUT2D eigenvalue weighted by Crippen LogP contribution is -2.23. The second-order valence-corrected chi connectivity index (χ2v) is 4.78. The van der Waals surface area contributed by atoms with Gasteiger partial charge in [0.1, 0.15) is 11.6 Å². The first-order valence-corrected chi connectivity index (χ1v) is 6.43. The van der Waals surface area contributed by atoms with Crippen LogP contribution >= 0.6 is 0 Å². The molecule has 1 heterocycles. The molecule has 0 aliphatic carbocycles. The maximum atomic E-state index is 13.2. The first-order valence-electron chi connectivity index (χ1n) is 6.43. The van der Waals surface area contributed by atoms with Crippen LogP contribution < -0.4 is 5.73 Å². The molecule has 2 aromatic rings. The Hall–Kier alpha value is -1.68. The van der Waals surface area contributed by atoms with Crippen molar-refractivity contribution in [1.82, 2.24) is 4.57 Å². The van der Waals surface area contributed by atoms with Crippen LogP contribution in [0.25, 0.3) is 0 Å². The van der Waals surface area contributed by atoms with Crippen LogP contribution in [0.3, 0.4) is 0 Å². The van der Waals surface area contributed by atoms with Crippen LogP contribution in [0.4, 0.5) is 8.78 Å². The van der Waals surface area contributed by atoms with Crippen molar-refractivity contribution in [2.24, 2.45) is 5.73 Å². The number of hydrogen-bond acceptors (Lipinski definition) is 1. The number of aromatic nitrogens is 1. The standard InChI is InChI=1S/C15H18F2N2/c1-2-14(18)9-15-4-3-5-19(15)10-11-6-12(16)8-13(17)7-11/h3-8,14H,2,9-10,18H2,1H3. The van der Waals surface area contributed by atoms with Crippen molar-refractivity contribution in [3.63, 3.8) is 0 Å². The average Bonchev–Trinajstić information content (AvgIpc) is 2.75. The van der Waals surface area contributed by atoms with E-state index in [-0.39, 0.29) is 6.04 Å². The molecular weight excluding hydrogens is 246 g/mol. The summed E-state index contributed by atoms with van der Waals surface area (Å²) in [6, 6.07) is 7.61. The van der Waals surface area contributed by atoms with Crippen LogP contribution in [-0.2, 0) is 13.0 Å². The molecule has 0 saturated heterocycles. The smallest absolute Gasteiger partial charge is 0.126 e. The van der Waals surface area contributed by atoms with Crippen molar-refractivity contribution in [2.75, 3.05) is 0 Å². The van der Waals surface area contributed by atoms with Gasteiger partial charge in [-0.05, 0) is 36.2 Å². The largest absolute Gasteiger partial charge is 0.347 e. The molecule has 0 aliphatic heterocycles. The molecule has 0 saturated carbocycles. The van der Waals surface area contributed by atoms with Gasteiger partial charge in [-0.15, -0.1) is 0 Å². The molecule has 4 heteroatoms. The molecule has 1 atom stereocenters. The second kappa shape index (κ2) is 5.97. The maximum Gasteiger partial charge on any atom is 0.126 e. The van der Waals surface area contributed by atoms with E-state index in [0.29, 0.717) is 12.1 Å². The van der Waals surface area contributed by atoms with E-state index in [1.807, 2.05) is 29.8 Å². The van der Waals surface area contributed by atoms with Gasteiger partial charge in [-0.25, -0.2) is 8.78 Å². The van der Waals surface area contributed by atoms with Gasteiger partial charge in [-0.1, -0.05) is 6.92 Å². The lowest BCUT2D eigenvalue weighted by atomic mass is 10.1. The van der Waals surface area contributed by atoms with Crippen LogP contribution in [0.15, 0.2) is 36.5 Å². The Morgan fingerprint density at radius 3 is 2.53 bits per heavy atom. The predicted octanol–water partition coefficient (Wildman–Crippen LogP) is 3.09. The summed E-state index contributed by atoms with van der Waals surface area (Å²) in [6.07, 6.45) is 3.57. The van der Waals surface area contributed by atoms with E-state index < -0.39 is 11.6 Å². The minimum atomic E-state index is -0.547. The lowest BCUT2D eigenvalue weighted by Gasteiger charge is -2.13. The van der Waals surface area contributed by atoms with Gasteiger partial charge >= 0.3 is 0 Å². The summed E-state index contributed by atoms with van der Waals surface area (Å²) < 4.78 is 28.3. The van der Waals surface area contributed by atoms with Gasteiger partial charge in [-0.3, -0.25) is 0 Å². The number of rotatable bonds is 5. The summed E-state index contributed by atoms with van der Waals surface area (Å²) >= 11 is 0. The third-order valence-corrected chi connectivity index (χ3v) is 3.19. The van der Waals surface area contributed by atoms with Gasteiger partial charge in [-0.2, -0.15) is 0 Å². The fourth-order valence-electron chi connectivity index (χ4n) is 2.10. The molecule has 2 N–H and O–H groups in total. The Labute approximate surface area is 111 Å². The predicted molar refractivity (Wildman–Crippen MR) is 71.9 cm³/mol. The zero-order valence-corrected chi connectivity index (χ0v) is 10.9. The Kier molecular flexibility index (Phi) is 4.32. The van der Waals surface area contributed by atoms with Crippen LogP contribution in [0.5, 0.6) is 0 Å². The van der Waals surface area contributed by atoms with Crippen LogP contribution in [-0.4, -0.2) is 10.6 Å². The first-order chi connectivity index (χ1) is 9.08. The lowest BCUT2D eigenvalue weighted by molar-refractivity contribution is 0.574. The van der Waals surface area contributed by atoms with Crippen molar-refractivity contribution < 1.29 is 8.78 Å². The van der Waals surface area contributed by atoms with Crippen LogP contribution in [0.2, 0.25) is 0 Å². The Balaban J connectivity index is 2.17. The topological polar surface area (TPSA) is 30.9 Å². The molecule has 0 radical (unpaired) electrons. The fourth-order valence-corrected chi connectivity index (χ4v) is 2.10. The number of benzene rings is 1. The monoisotopic (exact) mass is 264 g/mol. The van der Waals surface area contributed by atoms with E-state index in [0.717, 1.165) is 24.6 Å². The van der Waals surface area contributed by atoms with E-state index in [2.05, 4.69) is 0 Å². The minimum Gasteiger partial charge on any atom is -0.347 e. The summed E-state index contributed by atoms with van der Waals surface area (Å²) in [7, 11) is 0. The molecule has 102 valence electrons. The molecule has 0 aliphatic rings. The highest BCUT2D eigenvalue weighted by Crippen LogP contribution is 2.13. The summed E-state index contributed by atoms with van der Waals surface area (Å²) in [5.74, 6) is -1.09. The number of hydrogen-bond donors (Lipinski definition) is 1. The first kappa shape index (κ1) is 13.7. The zero-order chi connectivity index (χ0) is 13.8. The molecule has 0 spiro atoms. The highest BCUT2D eigenvalue weighted by Gasteiger charge is 2.07. The maximum absolute atomic E-state index is 13.2. The number of nitrogens with two attached hydrogens (primary N) is 1. The third kappa shape index (κ3) is 3.64. The van der Waals surface area contributed by atoms with Gasteiger partial charge < -0.3 is 10.3 Å². The minimum absolute atomic E-state index is 0.109. The highest BCUT2D eigenvalue weighted by molar-refractivity contribution is 5.20. The average molecular weight is 264 g/mol. The van der Waals surface area contributed by atoms with Crippen LogP contribution in [0, 0.1) is 11.6 Å². The van der Waals surface area contributed by atoms with E-state index in [1.165, 1.54) is 12.1 Å². The molecule has 2 nitrogen and oxygen atoms in total. The molecule has 19 heavy (non-hydrogen) atoms. The summed E-state index contributed by atoms with van der Waals surface area (Å²) in [4.78, 5) is 0. The molecule has 0 amide bonds. The Bertz CT molecular complexity index is 529. The van der Waals surface area contributed by atoms with Crippen molar-refractivity contribution in [3.8, 4) is 0 Å². The summed E-state index contributed by atoms with van der Waals surface area (Å²) in [5, 5.41) is 0. The SMILES string of the molecule is CCC(N)Cc1cccn1Cc1cc(F)cc(F)c1. The molecule has 0 fully saturated rings. The van der Waals surface area contributed by atoms with Crippen LogP contribution in [0.1, 0.15) is 24.6 Å². The van der Waals surface area contributed by atoms with Crippen molar-refractivity contribution >= 4 is 0 Å². The van der Waals surface area contributed by atoms with Crippen molar-refractivity contribution in [1.29, 1.82) is 0 Å². The molecular formula is C15H18F2N2. The molecule has 1 aromatic carbocycles. The van der Waals surface area contributed by atoms with Crippen molar-refractivity contribution in [2.45, 2.75) is 32.4 Å². The quantitative estimate of drug-likeness (QED) is 0.884. The second-order valence-electron chi connectivity index (χ2n) is 4.78. The molecule has 1 unspecified atom stereocenters. The normalized spacial score (nSPS) is 12.6.